The van der Waals surface area contributed by atoms with Gasteiger partial charge in [0, 0.05) is 4.47 Å². The second-order valence-electron chi connectivity index (χ2n) is 5.96. The standard InChI is InChI=1S/C19H16BrClN2O6/c20-11-5-6-14(21)13(7-11)18(25)28-10-17(24)23-19(26)22-8-12-9-27-15-3-1-2-4-16(15)29-12/h1-7,12H,8-10H2,(H2,22,23,24,26). The third-order valence-corrected chi connectivity index (χ3v) is 4.62. The third kappa shape index (κ3) is 5.85. The number of imide groups is 1. The minimum Gasteiger partial charge on any atom is -0.486 e. The predicted molar refractivity (Wildman–Crippen MR) is 107 cm³/mol. The Morgan fingerprint density at radius 2 is 1.93 bits per heavy atom. The first-order valence-corrected chi connectivity index (χ1v) is 9.68. The van der Waals surface area contributed by atoms with Crippen LogP contribution < -0.4 is 20.1 Å². The van der Waals surface area contributed by atoms with E-state index in [2.05, 4.69) is 26.6 Å². The molecule has 0 saturated carbocycles. The molecule has 0 radical (unpaired) electrons. The second kappa shape index (κ2) is 9.62. The molecule has 10 heteroatoms. The number of hydrogen-bond acceptors (Lipinski definition) is 6. The van der Waals surface area contributed by atoms with E-state index in [-0.39, 0.29) is 23.7 Å². The molecule has 2 N–H and O–H groups in total. The molecule has 1 heterocycles. The zero-order valence-electron chi connectivity index (χ0n) is 14.9. The Morgan fingerprint density at radius 3 is 2.72 bits per heavy atom. The van der Waals surface area contributed by atoms with Gasteiger partial charge in [-0.3, -0.25) is 10.1 Å². The number of carbonyl (C=O) groups is 3. The lowest BCUT2D eigenvalue weighted by Crippen LogP contribution is -2.46. The lowest BCUT2D eigenvalue weighted by Gasteiger charge is -2.26. The number of ether oxygens (including phenoxy) is 3. The van der Waals surface area contributed by atoms with E-state index in [1.807, 2.05) is 12.1 Å². The molecule has 0 bridgehead atoms. The summed E-state index contributed by atoms with van der Waals surface area (Å²) in [6.45, 7) is -0.247. The highest BCUT2D eigenvalue weighted by Crippen LogP contribution is 2.30. The predicted octanol–water partition coefficient (Wildman–Crippen LogP) is 2.93. The van der Waals surface area contributed by atoms with Gasteiger partial charge in [0.1, 0.15) is 6.61 Å². The highest BCUT2D eigenvalue weighted by molar-refractivity contribution is 9.10. The third-order valence-electron chi connectivity index (χ3n) is 3.79. The number of benzene rings is 2. The van der Waals surface area contributed by atoms with Gasteiger partial charge in [0.2, 0.25) is 0 Å². The quantitative estimate of drug-likeness (QED) is 0.634. The van der Waals surface area contributed by atoms with Gasteiger partial charge in [-0.25, -0.2) is 9.59 Å². The van der Waals surface area contributed by atoms with E-state index in [4.69, 9.17) is 25.8 Å². The van der Waals surface area contributed by atoms with Gasteiger partial charge < -0.3 is 19.5 Å². The molecule has 152 valence electrons. The van der Waals surface area contributed by atoms with E-state index < -0.39 is 30.6 Å². The molecule has 8 nitrogen and oxygen atoms in total. The van der Waals surface area contributed by atoms with Crippen LogP contribution in [0.2, 0.25) is 5.02 Å². The van der Waals surface area contributed by atoms with Gasteiger partial charge in [-0.1, -0.05) is 39.7 Å². The summed E-state index contributed by atoms with van der Waals surface area (Å²) in [5.74, 6) is -0.345. The van der Waals surface area contributed by atoms with E-state index in [9.17, 15) is 14.4 Å². The zero-order chi connectivity index (χ0) is 20.8. The Bertz CT molecular complexity index is 939. The lowest BCUT2D eigenvalue weighted by molar-refractivity contribution is -0.123. The number of carbonyl (C=O) groups excluding carboxylic acids is 3. The van der Waals surface area contributed by atoms with Crippen LogP contribution in [-0.4, -0.2) is 43.8 Å². The molecule has 0 spiro atoms. The number of rotatable bonds is 5. The smallest absolute Gasteiger partial charge is 0.340 e. The Hall–Kier alpha value is -2.78. The highest BCUT2D eigenvalue weighted by Gasteiger charge is 2.21. The van der Waals surface area contributed by atoms with Crippen molar-refractivity contribution in [3.63, 3.8) is 0 Å². The largest absolute Gasteiger partial charge is 0.486 e. The Kier molecular flexibility index (Phi) is 6.95. The number of amides is 3. The molecule has 29 heavy (non-hydrogen) atoms. The summed E-state index contributed by atoms with van der Waals surface area (Å²) in [5.41, 5.74) is 0.105. The van der Waals surface area contributed by atoms with Gasteiger partial charge >= 0.3 is 12.0 Å². The first-order chi connectivity index (χ1) is 13.9. The number of urea groups is 1. The summed E-state index contributed by atoms with van der Waals surface area (Å²) < 4.78 is 16.7. The van der Waals surface area contributed by atoms with Crippen LogP contribution >= 0.6 is 27.5 Å². The SMILES string of the molecule is O=C(COC(=O)c1cc(Br)ccc1Cl)NC(=O)NCC1COc2ccccc2O1. The zero-order valence-corrected chi connectivity index (χ0v) is 17.3. The molecule has 0 saturated heterocycles. The average molecular weight is 484 g/mol. The van der Waals surface area contributed by atoms with E-state index in [1.165, 1.54) is 12.1 Å². The van der Waals surface area contributed by atoms with Crippen molar-refractivity contribution in [2.75, 3.05) is 19.8 Å². The summed E-state index contributed by atoms with van der Waals surface area (Å²) in [5, 5.41) is 4.76. The van der Waals surface area contributed by atoms with Crippen LogP contribution in [0.25, 0.3) is 0 Å². The second-order valence-corrected chi connectivity index (χ2v) is 7.28. The minimum atomic E-state index is -0.784. The Morgan fingerprint density at radius 1 is 1.17 bits per heavy atom. The van der Waals surface area contributed by atoms with Crippen molar-refractivity contribution in [1.82, 2.24) is 10.6 Å². The van der Waals surface area contributed by atoms with E-state index in [1.54, 1.807) is 18.2 Å². The highest BCUT2D eigenvalue weighted by atomic mass is 79.9. The van der Waals surface area contributed by atoms with E-state index in [0.29, 0.717) is 16.0 Å². The van der Waals surface area contributed by atoms with Crippen molar-refractivity contribution in [2.45, 2.75) is 6.10 Å². The molecule has 0 aromatic heterocycles. The molecule has 1 atom stereocenters. The van der Waals surface area contributed by atoms with Gasteiger partial charge in [0.15, 0.2) is 24.2 Å². The van der Waals surface area contributed by atoms with Crippen LogP contribution in [0.15, 0.2) is 46.9 Å². The fraction of sp³-hybridized carbons (Fsp3) is 0.211. The van der Waals surface area contributed by atoms with E-state index in [0.717, 1.165) is 0 Å². The Labute approximate surface area is 179 Å². The van der Waals surface area contributed by atoms with Gasteiger partial charge in [-0.05, 0) is 30.3 Å². The normalized spacial score (nSPS) is 14.6. The maximum atomic E-state index is 12.0. The number of esters is 1. The molecule has 1 unspecified atom stereocenters. The van der Waals surface area contributed by atoms with Gasteiger partial charge in [0.05, 0.1) is 17.1 Å². The number of fused-ring (bicyclic) bond motifs is 1. The van der Waals surface area contributed by atoms with Gasteiger partial charge in [0.25, 0.3) is 5.91 Å². The van der Waals surface area contributed by atoms with Crippen molar-refractivity contribution < 1.29 is 28.6 Å². The number of halogens is 2. The molecule has 0 fully saturated rings. The van der Waals surface area contributed by atoms with Crippen molar-refractivity contribution in [1.29, 1.82) is 0 Å². The first-order valence-electron chi connectivity index (χ1n) is 8.50. The van der Waals surface area contributed by atoms with Crippen LogP contribution in [0.4, 0.5) is 4.79 Å². The van der Waals surface area contributed by atoms with Crippen molar-refractivity contribution in [3.05, 3.63) is 57.5 Å². The number of hydrogen-bond donors (Lipinski definition) is 2. The summed E-state index contributed by atoms with van der Waals surface area (Å²) in [4.78, 5) is 35.7. The van der Waals surface area contributed by atoms with Gasteiger partial charge in [-0.15, -0.1) is 0 Å². The Balaban J connectivity index is 1.40. The molecule has 1 aliphatic rings. The van der Waals surface area contributed by atoms with Crippen molar-refractivity contribution >= 4 is 45.4 Å². The molecular formula is C19H16BrClN2O6. The molecule has 2 aromatic rings. The molecular weight excluding hydrogens is 468 g/mol. The summed E-state index contributed by atoms with van der Waals surface area (Å²) in [7, 11) is 0. The maximum Gasteiger partial charge on any atom is 0.340 e. The number of para-hydroxylation sites is 2. The molecule has 3 rings (SSSR count). The molecule has 3 amide bonds. The van der Waals surface area contributed by atoms with Crippen LogP contribution in [0.1, 0.15) is 10.4 Å². The van der Waals surface area contributed by atoms with Crippen LogP contribution in [0.3, 0.4) is 0 Å². The average Bonchev–Trinajstić information content (AvgIpc) is 2.72. The number of nitrogens with one attached hydrogen (secondary N) is 2. The van der Waals surface area contributed by atoms with Gasteiger partial charge in [-0.2, -0.15) is 0 Å². The lowest BCUT2D eigenvalue weighted by atomic mass is 10.2. The van der Waals surface area contributed by atoms with Crippen molar-refractivity contribution in [2.24, 2.45) is 0 Å². The monoisotopic (exact) mass is 482 g/mol. The summed E-state index contributed by atoms with van der Waals surface area (Å²) in [6, 6.07) is 11.1. The van der Waals surface area contributed by atoms with Crippen LogP contribution in [0, 0.1) is 0 Å². The topological polar surface area (TPSA) is 103 Å². The van der Waals surface area contributed by atoms with E-state index >= 15 is 0 Å². The first kappa shape index (κ1) is 20.9. The van der Waals surface area contributed by atoms with Crippen LogP contribution in [0.5, 0.6) is 11.5 Å². The fourth-order valence-electron chi connectivity index (χ4n) is 2.44. The summed E-state index contributed by atoms with van der Waals surface area (Å²) in [6.07, 6.45) is -0.401. The maximum absolute atomic E-state index is 12.0. The molecule has 1 aliphatic heterocycles. The minimum absolute atomic E-state index is 0.105. The van der Waals surface area contributed by atoms with Crippen LogP contribution in [-0.2, 0) is 9.53 Å². The van der Waals surface area contributed by atoms with Crippen molar-refractivity contribution in [3.8, 4) is 11.5 Å². The summed E-state index contributed by atoms with van der Waals surface area (Å²) >= 11 is 9.15. The molecule has 0 aliphatic carbocycles. The molecule has 2 aromatic carbocycles. The fourth-order valence-corrected chi connectivity index (χ4v) is 3.00.